The van der Waals surface area contributed by atoms with E-state index in [2.05, 4.69) is 37.1 Å². The van der Waals surface area contributed by atoms with Gasteiger partial charge in [-0.3, -0.25) is 0 Å². The van der Waals surface area contributed by atoms with Gasteiger partial charge in [-0.15, -0.1) is 0 Å². The Hall–Kier alpha value is -1.02. The maximum absolute atomic E-state index is 5.38. The van der Waals surface area contributed by atoms with Crippen LogP contribution in [-0.4, -0.2) is 32.1 Å². The Bertz CT molecular complexity index is 390. The molecule has 0 aromatic heterocycles. The Morgan fingerprint density at radius 1 is 1.33 bits per heavy atom. The van der Waals surface area contributed by atoms with Crippen molar-refractivity contribution >= 4 is 0 Å². The highest BCUT2D eigenvalue weighted by molar-refractivity contribution is 5.34. The summed E-state index contributed by atoms with van der Waals surface area (Å²) in [5, 5.41) is 0. The van der Waals surface area contributed by atoms with Gasteiger partial charge in [-0.05, 0) is 50.6 Å². The SMILES string of the molecule is CC[C@]1(c2cccc(OC)c2)CCCCN(C)C1. The number of nitrogens with zero attached hydrogens (tertiary/aromatic N) is 1. The molecule has 0 bridgehead atoms. The van der Waals surface area contributed by atoms with Crippen LogP contribution in [0.25, 0.3) is 0 Å². The lowest BCUT2D eigenvalue weighted by molar-refractivity contribution is 0.256. The summed E-state index contributed by atoms with van der Waals surface area (Å²) < 4.78 is 5.38. The van der Waals surface area contributed by atoms with Crippen LogP contribution in [0.15, 0.2) is 24.3 Å². The fourth-order valence-corrected chi connectivity index (χ4v) is 3.20. The number of benzene rings is 1. The van der Waals surface area contributed by atoms with E-state index < -0.39 is 0 Å². The number of hydrogen-bond acceptors (Lipinski definition) is 2. The molecule has 1 aliphatic rings. The highest BCUT2D eigenvalue weighted by Gasteiger charge is 2.33. The molecule has 0 radical (unpaired) electrons. The first-order chi connectivity index (χ1) is 8.70. The van der Waals surface area contributed by atoms with E-state index >= 15 is 0 Å². The van der Waals surface area contributed by atoms with Crippen molar-refractivity contribution in [1.82, 2.24) is 4.90 Å². The average Bonchev–Trinajstić information content (AvgIpc) is 2.61. The van der Waals surface area contributed by atoms with Crippen LogP contribution in [0.2, 0.25) is 0 Å². The van der Waals surface area contributed by atoms with Gasteiger partial charge in [0.15, 0.2) is 0 Å². The number of likely N-dealkylation sites (tertiary alicyclic amines) is 1. The number of likely N-dealkylation sites (N-methyl/N-ethyl adjacent to an activating group) is 1. The maximum atomic E-state index is 5.38. The zero-order chi connectivity index (χ0) is 13.0. The molecule has 1 aliphatic heterocycles. The van der Waals surface area contributed by atoms with Crippen molar-refractivity contribution in [3.63, 3.8) is 0 Å². The zero-order valence-corrected chi connectivity index (χ0v) is 11.9. The summed E-state index contributed by atoms with van der Waals surface area (Å²) in [6, 6.07) is 8.65. The summed E-state index contributed by atoms with van der Waals surface area (Å²) in [6.07, 6.45) is 5.14. The van der Waals surface area contributed by atoms with Gasteiger partial charge in [-0.1, -0.05) is 25.5 Å². The van der Waals surface area contributed by atoms with Gasteiger partial charge in [0, 0.05) is 12.0 Å². The van der Waals surface area contributed by atoms with Crippen molar-refractivity contribution in [3.8, 4) is 5.75 Å². The number of methoxy groups -OCH3 is 1. The Labute approximate surface area is 111 Å². The molecule has 1 atom stereocenters. The van der Waals surface area contributed by atoms with Crippen LogP contribution in [0.1, 0.15) is 38.2 Å². The topological polar surface area (TPSA) is 12.5 Å². The molecule has 18 heavy (non-hydrogen) atoms. The maximum Gasteiger partial charge on any atom is 0.119 e. The lowest BCUT2D eigenvalue weighted by atomic mass is 9.74. The molecule has 2 nitrogen and oxygen atoms in total. The van der Waals surface area contributed by atoms with E-state index in [4.69, 9.17) is 4.74 Å². The monoisotopic (exact) mass is 247 g/mol. The molecule has 0 N–H and O–H groups in total. The van der Waals surface area contributed by atoms with E-state index in [0.29, 0.717) is 5.41 Å². The summed E-state index contributed by atoms with van der Waals surface area (Å²) >= 11 is 0. The van der Waals surface area contributed by atoms with Gasteiger partial charge in [0.2, 0.25) is 0 Å². The second-order valence-electron chi connectivity index (χ2n) is 5.56. The van der Waals surface area contributed by atoms with Gasteiger partial charge in [0.05, 0.1) is 7.11 Å². The fraction of sp³-hybridized carbons (Fsp3) is 0.625. The molecule has 1 aromatic carbocycles. The van der Waals surface area contributed by atoms with Gasteiger partial charge in [-0.2, -0.15) is 0 Å². The van der Waals surface area contributed by atoms with E-state index in [9.17, 15) is 0 Å². The second kappa shape index (κ2) is 5.75. The van der Waals surface area contributed by atoms with Gasteiger partial charge in [0.25, 0.3) is 0 Å². The summed E-state index contributed by atoms with van der Waals surface area (Å²) in [4.78, 5) is 2.48. The first-order valence-electron chi connectivity index (χ1n) is 7.03. The molecule has 100 valence electrons. The minimum absolute atomic E-state index is 0.305. The molecule has 0 amide bonds. The summed E-state index contributed by atoms with van der Waals surface area (Å²) in [7, 11) is 3.99. The van der Waals surface area contributed by atoms with Gasteiger partial charge >= 0.3 is 0 Å². The van der Waals surface area contributed by atoms with E-state index in [0.717, 1.165) is 12.3 Å². The molecule has 0 aliphatic carbocycles. The smallest absolute Gasteiger partial charge is 0.119 e. The minimum Gasteiger partial charge on any atom is -0.497 e. The average molecular weight is 247 g/mol. The van der Waals surface area contributed by atoms with Crippen molar-refractivity contribution in [1.29, 1.82) is 0 Å². The van der Waals surface area contributed by atoms with E-state index in [1.54, 1.807) is 7.11 Å². The number of rotatable bonds is 3. The van der Waals surface area contributed by atoms with E-state index in [1.807, 2.05) is 6.07 Å². The predicted octanol–water partition coefficient (Wildman–Crippen LogP) is 3.46. The summed E-state index contributed by atoms with van der Waals surface area (Å²) in [5.74, 6) is 0.979. The van der Waals surface area contributed by atoms with Crippen molar-refractivity contribution in [3.05, 3.63) is 29.8 Å². The largest absolute Gasteiger partial charge is 0.497 e. The molecule has 1 aromatic rings. The molecule has 0 unspecified atom stereocenters. The third-order valence-electron chi connectivity index (χ3n) is 4.38. The lowest BCUT2D eigenvalue weighted by Gasteiger charge is -2.35. The molecular formula is C16H25NO. The van der Waals surface area contributed by atoms with Crippen LogP contribution >= 0.6 is 0 Å². The van der Waals surface area contributed by atoms with Crippen molar-refractivity contribution in [2.24, 2.45) is 0 Å². The third kappa shape index (κ3) is 2.69. The van der Waals surface area contributed by atoms with Crippen molar-refractivity contribution in [2.75, 3.05) is 27.2 Å². The predicted molar refractivity (Wildman–Crippen MR) is 76.3 cm³/mol. The third-order valence-corrected chi connectivity index (χ3v) is 4.38. The van der Waals surface area contributed by atoms with Crippen molar-refractivity contribution < 1.29 is 4.74 Å². The van der Waals surface area contributed by atoms with Crippen molar-refractivity contribution in [2.45, 2.75) is 38.0 Å². The normalized spacial score (nSPS) is 25.7. The second-order valence-corrected chi connectivity index (χ2v) is 5.56. The Balaban J connectivity index is 2.34. The Kier molecular flexibility index (Phi) is 4.28. The summed E-state index contributed by atoms with van der Waals surface area (Å²) in [6.45, 7) is 4.71. The van der Waals surface area contributed by atoms with Gasteiger partial charge in [-0.25, -0.2) is 0 Å². The molecule has 1 fully saturated rings. The van der Waals surface area contributed by atoms with Gasteiger partial charge in [0.1, 0.15) is 5.75 Å². The number of ether oxygens (including phenoxy) is 1. The molecule has 0 saturated carbocycles. The van der Waals surface area contributed by atoms with Crippen LogP contribution in [-0.2, 0) is 5.41 Å². The number of hydrogen-bond donors (Lipinski definition) is 0. The van der Waals surface area contributed by atoms with E-state index in [-0.39, 0.29) is 0 Å². The molecule has 2 heteroatoms. The van der Waals surface area contributed by atoms with E-state index in [1.165, 1.54) is 37.8 Å². The Morgan fingerprint density at radius 3 is 2.89 bits per heavy atom. The zero-order valence-electron chi connectivity index (χ0n) is 11.9. The van der Waals surface area contributed by atoms with Gasteiger partial charge < -0.3 is 9.64 Å². The van der Waals surface area contributed by atoms with Crippen LogP contribution in [0.5, 0.6) is 5.75 Å². The lowest BCUT2D eigenvalue weighted by Crippen LogP contribution is -2.37. The van der Waals surface area contributed by atoms with Crippen LogP contribution < -0.4 is 4.74 Å². The first-order valence-corrected chi connectivity index (χ1v) is 7.03. The Morgan fingerprint density at radius 2 is 2.17 bits per heavy atom. The quantitative estimate of drug-likeness (QED) is 0.811. The highest BCUT2D eigenvalue weighted by atomic mass is 16.5. The molecule has 2 rings (SSSR count). The molecule has 0 spiro atoms. The molecule has 1 heterocycles. The summed E-state index contributed by atoms with van der Waals surface area (Å²) in [5.41, 5.74) is 1.75. The molecule has 1 saturated heterocycles. The van der Waals surface area contributed by atoms with Crippen LogP contribution in [0.3, 0.4) is 0 Å². The standard InChI is InChI=1S/C16H25NO/c1-4-16(10-5-6-11-17(2)13-16)14-8-7-9-15(12-14)18-3/h7-9,12H,4-6,10-11,13H2,1-3H3/t16-/m0/s1. The first kappa shape index (κ1) is 13.4. The fourth-order valence-electron chi connectivity index (χ4n) is 3.20. The molecular weight excluding hydrogens is 222 g/mol. The highest BCUT2D eigenvalue weighted by Crippen LogP contribution is 2.37. The minimum atomic E-state index is 0.305. The van der Waals surface area contributed by atoms with Crippen LogP contribution in [0.4, 0.5) is 0 Å². The van der Waals surface area contributed by atoms with Crippen LogP contribution in [0, 0.1) is 0 Å².